The van der Waals surface area contributed by atoms with E-state index in [9.17, 15) is 9.59 Å². The van der Waals surface area contributed by atoms with Crippen molar-refractivity contribution in [2.24, 2.45) is 5.92 Å². The Morgan fingerprint density at radius 2 is 2.24 bits per heavy atom. The minimum Gasteiger partial charge on any atom is -0.444 e. The molecule has 1 amide bonds. The van der Waals surface area contributed by atoms with Gasteiger partial charge in [0.2, 0.25) is 0 Å². The van der Waals surface area contributed by atoms with Crippen LogP contribution in [0.1, 0.15) is 33.6 Å². The number of hydrogen-bond acceptors (Lipinski definition) is 5. The number of oxazole rings is 1. The molecular weight excluding hydrogens is 322 g/mol. The predicted octanol–water partition coefficient (Wildman–Crippen LogP) is 3.18. The molecule has 0 saturated carbocycles. The highest BCUT2D eigenvalue weighted by molar-refractivity contribution is 5.76. The van der Waals surface area contributed by atoms with Crippen LogP contribution in [0.25, 0.3) is 11.1 Å². The van der Waals surface area contributed by atoms with Crippen LogP contribution in [0.4, 0.5) is 10.5 Å². The topological polar surface area (TPSA) is 87.6 Å². The number of likely N-dealkylation sites (tertiary alicyclic amines) is 1. The highest BCUT2D eigenvalue weighted by Gasteiger charge is 2.27. The van der Waals surface area contributed by atoms with Gasteiger partial charge < -0.3 is 19.4 Å². The summed E-state index contributed by atoms with van der Waals surface area (Å²) < 4.78 is 10.5. The molecule has 1 fully saturated rings. The van der Waals surface area contributed by atoms with Crippen molar-refractivity contribution in [3.05, 3.63) is 28.7 Å². The number of amides is 1. The summed E-state index contributed by atoms with van der Waals surface area (Å²) in [6, 6.07) is 5.51. The van der Waals surface area contributed by atoms with Crippen molar-refractivity contribution in [2.75, 3.05) is 25.0 Å². The molecule has 0 aliphatic carbocycles. The summed E-state index contributed by atoms with van der Waals surface area (Å²) >= 11 is 0. The van der Waals surface area contributed by atoms with E-state index >= 15 is 0 Å². The second-order valence-corrected chi connectivity index (χ2v) is 7.54. The SMILES string of the molecule is CC(C)(C)OC(=O)N1CCCC(CNc2ccc3oc(=O)[nH]c3c2)C1. The molecule has 25 heavy (non-hydrogen) atoms. The standard InChI is InChI=1S/C18H25N3O4/c1-18(2,3)25-17(23)21-8-4-5-12(11-21)10-19-13-6-7-15-14(9-13)20-16(22)24-15/h6-7,9,12,19H,4-5,8,10-11H2,1-3H3,(H,20,22). The number of anilines is 1. The predicted molar refractivity (Wildman–Crippen MR) is 95.9 cm³/mol. The maximum absolute atomic E-state index is 12.2. The monoisotopic (exact) mass is 347 g/mol. The Balaban J connectivity index is 1.56. The van der Waals surface area contributed by atoms with E-state index in [4.69, 9.17) is 9.15 Å². The van der Waals surface area contributed by atoms with Gasteiger partial charge in [-0.25, -0.2) is 9.59 Å². The number of ether oxygens (including phenoxy) is 1. The van der Waals surface area contributed by atoms with E-state index in [0.29, 0.717) is 23.6 Å². The molecule has 1 saturated heterocycles. The molecule has 2 heterocycles. The van der Waals surface area contributed by atoms with E-state index < -0.39 is 11.4 Å². The quantitative estimate of drug-likeness (QED) is 0.890. The molecule has 1 aliphatic heterocycles. The van der Waals surface area contributed by atoms with E-state index in [1.54, 1.807) is 11.0 Å². The van der Waals surface area contributed by atoms with E-state index in [-0.39, 0.29) is 6.09 Å². The normalized spacial score (nSPS) is 18.4. The largest absolute Gasteiger partial charge is 0.444 e. The molecule has 0 bridgehead atoms. The molecule has 3 rings (SSSR count). The van der Waals surface area contributed by atoms with Crippen LogP contribution >= 0.6 is 0 Å². The van der Waals surface area contributed by atoms with Crippen molar-refractivity contribution in [2.45, 2.75) is 39.2 Å². The highest BCUT2D eigenvalue weighted by atomic mass is 16.6. The van der Waals surface area contributed by atoms with Crippen LogP contribution in [0, 0.1) is 5.92 Å². The van der Waals surface area contributed by atoms with Crippen LogP contribution in [-0.4, -0.2) is 41.2 Å². The average molecular weight is 347 g/mol. The van der Waals surface area contributed by atoms with Gasteiger partial charge in [-0.3, -0.25) is 4.98 Å². The molecule has 0 radical (unpaired) electrons. The van der Waals surface area contributed by atoms with Gasteiger partial charge in [-0.15, -0.1) is 0 Å². The van der Waals surface area contributed by atoms with Crippen molar-refractivity contribution in [1.82, 2.24) is 9.88 Å². The number of benzene rings is 1. The van der Waals surface area contributed by atoms with Crippen LogP contribution in [0.15, 0.2) is 27.4 Å². The summed E-state index contributed by atoms with van der Waals surface area (Å²) in [6.45, 7) is 7.83. The minimum atomic E-state index is -0.473. The number of hydrogen-bond donors (Lipinski definition) is 2. The lowest BCUT2D eigenvalue weighted by atomic mass is 9.98. The zero-order valence-corrected chi connectivity index (χ0v) is 14.9. The fourth-order valence-corrected chi connectivity index (χ4v) is 3.05. The Kier molecular flexibility index (Phi) is 4.74. The number of aromatic amines is 1. The van der Waals surface area contributed by atoms with Crippen LogP contribution in [-0.2, 0) is 4.74 Å². The molecule has 1 unspecified atom stereocenters. The maximum Gasteiger partial charge on any atom is 0.417 e. The summed E-state index contributed by atoms with van der Waals surface area (Å²) in [5, 5.41) is 3.38. The molecule has 2 N–H and O–H groups in total. The molecule has 7 heteroatoms. The Morgan fingerprint density at radius 1 is 1.44 bits per heavy atom. The number of nitrogens with zero attached hydrogens (tertiary/aromatic N) is 1. The van der Waals surface area contributed by atoms with Crippen LogP contribution in [0.2, 0.25) is 0 Å². The summed E-state index contributed by atoms with van der Waals surface area (Å²) in [5.41, 5.74) is 1.66. The summed E-state index contributed by atoms with van der Waals surface area (Å²) in [5.74, 6) is -0.0900. The number of H-pyrrole nitrogens is 1. The Bertz CT molecular complexity index is 802. The fourth-order valence-electron chi connectivity index (χ4n) is 3.05. The smallest absolute Gasteiger partial charge is 0.417 e. The Labute approximate surface area is 146 Å². The number of carbonyl (C=O) groups is 1. The van der Waals surface area contributed by atoms with Gasteiger partial charge in [-0.2, -0.15) is 0 Å². The van der Waals surface area contributed by atoms with Crippen molar-refractivity contribution >= 4 is 22.9 Å². The van der Waals surface area contributed by atoms with Gasteiger partial charge in [-0.1, -0.05) is 0 Å². The Morgan fingerprint density at radius 3 is 3.00 bits per heavy atom. The second-order valence-electron chi connectivity index (χ2n) is 7.54. The molecule has 1 atom stereocenters. The molecule has 1 aromatic carbocycles. The molecule has 1 aromatic heterocycles. The lowest BCUT2D eigenvalue weighted by Crippen LogP contribution is -2.44. The first-order valence-electron chi connectivity index (χ1n) is 8.65. The van der Waals surface area contributed by atoms with Crippen LogP contribution in [0.5, 0.6) is 0 Å². The van der Waals surface area contributed by atoms with Crippen molar-refractivity contribution in [3.8, 4) is 0 Å². The summed E-state index contributed by atoms with van der Waals surface area (Å²) in [7, 11) is 0. The number of aromatic nitrogens is 1. The van der Waals surface area contributed by atoms with E-state index in [2.05, 4.69) is 10.3 Å². The number of nitrogens with one attached hydrogen (secondary N) is 2. The first kappa shape index (κ1) is 17.4. The van der Waals surface area contributed by atoms with Crippen molar-refractivity contribution in [3.63, 3.8) is 0 Å². The zero-order valence-electron chi connectivity index (χ0n) is 14.9. The molecule has 0 spiro atoms. The lowest BCUT2D eigenvalue weighted by Gasteiger charge is -2.34. The molecule has 136 valence electrons. The van der Waals surface area contributed by atoms with Gasteiger partial charge in [0.25, 0.3) is 0 Å². The van der Waals surface area contributed by atoms with Gasteiger partial charge >= 0.3 is 11.8 Å². The van der Waals surface area contributed by atoms with Gasteiger partial charge in [0.05, 0.1) is 5.52 Å². The summed E-state index contributed by atoms with van der Waals surface area (Å²) in [4.78, 5) is 27.9. The molecular formula is C18H25N3O4. The van der Waals surface area contributed by atoms with Crippen molar-refractivity contribution in [1.29, 1.82) is 0 Å². The second kappa shape index (κ2) is 6.82. The van der Waals surface area contributed by atoms with E-state index in [1.807, 2.05) is 32.9 Å². The zero-order chi connectivity index (χ0) is 18.0. The van der Waals surface area contributed by atoms with Crippen LogP contribution < -0.4 is 11.1 Å². The fraction of sp³-hybridized carbons (Fsp3) is 0.556. The van der Waals surface area contributed by atoms with Gasteiger partial charge in [-0.05, 0) is 57.7 Å². The summed E-state index contributed by atoms with van der Waals surface area (Å²) in [6.07, 6.45) is 1.80. The van der Waals surface area contributed by atoms with E-state index in [0.717, 1.165) is 31.6 Å². The first-order valence-corrected chi connectivity index (χ1v) is 8.65. The average Bonchev–Trinajstić information content (AvgIpc) is 2.91. The highest BCUT2D eigenvalue weighted by Crippen LogP contribution is 2.21. The number of carbonyl (C=O) groups excluding carboxylic acids is 1. The maximum atomic E-state index is 12.2. The van der Waals surface area contributed by atoms with E-state index in [1.165, 1.54) is 0 Å². The number of fused-ring (bicyclic) bond motifs is 1. The molecule has 7 nitrogen and oxygen atoms in total. The number of rotatable bonds is 3. The third-order valence-corrected chi connectivity index (χ3v) is 4.18. The third-order valence-electron chi connectivity index (χ3n) is 4.18. The lowest BCUT2D eigenvalue weighted by molar-refractivity contribution is 0.0172. The van der Waals surface area contributed by atoms with Crippen LogP contribution in [0.3, 0.4) is 0 Å². The molecule has 1 aliphatic rings. The van der Waals surface area contributed by atoms with Gasteiger partial charge in [0.1, 0.15) is 5.60 Å². The van der Waals surface area contributed by atoms with Crippen molar-refractivity contribution < 1.29 is 13.9 Å². The minimum absolute atomic E-state index is 0.241. The molecule has 2 aromatic rings. The Hall–Kier alpha value is -2.44. The van der Waals surface area contributed by atoms with Gasteiger partial charge in [0.15, 0.2) is 5.58 Å². The third kappa shape index (κ3) is 4.55. The first-order chi connectivity index (χ1) is 11.8. The number of piperidine rings is 1. The van der Waals surface area contributed by atoms with Gasteiger partial charge in [0, 0.05) is 25.3 Å².